The van der Waals surface area contributed by atoms with E-state index in [1.165, 1.54) is 7.11 Å². The van der Waals surface area contributed by atoms with Gasteiger partial charge in [0.15, 0.2) is 23.0 Å². The highest BCUT2D eigenvalue weighted by atomic mass is 16.5. The van der Waals surface area contributed by atoms with E-state index >= 15 is 0 Å². The normalized spacial score (nSPS) is 10.2. The van der Waals surface area contributed by atoms with Gasteiger partial charge < -0.3 is 24.8 Å². The fourth-order valence-electron chi connectivity index (χ4n) is 2.39. The van der Waals surface area contributed by atoms with Crippen molar-refractivity contribution in [3.8, 4) is 17.2 Å². The Morgan fingerprint density at radius 3 is 2.26 bits per heavy atom. The van der Waals surface area contributed by atoms with Crippen LogP contribution in [0.4, 0.5) is 17.2 Å². The number of benzene rings is 2. The van der Waals surface area contributed by atoms with Gasteiger partial charge in [0.05, 0.1) is 21.3 Å². The standard InChI is InChI=1S/C18H19N5O4/c1-25-13-7-4-11(5-8-13)19-17-16(21-23-22-17)18(24)20-12-6-9-14(26-2)15(10-12)27-3/h4-10H,1-3H3,(H,20,24)(H2,19,21,22,23). The van der Waals surface area contributed by atoms with Crippen LogP contribution in [-0.2, 0) is 0 Å². The maximum atomic E-state index is 12.6. The Hall–Kier alpha value is -3.75. The Morgan fingerprint density at radius 1 is 0.889 bits per heavy atom. The summed E-state index contributed by atoms with van der Waals surface area (Å²) in [6.45, 7) is 0. The van der Waals surface area contributed by atoms with Gasteiger partial charge in [0.1, 0.15) is 5.75 Å². The zero-order valence-electron chi connectivity index (χ0n) is 15.1. The molecular weight excluding hydrogens is 350 g/mol. The molecule has 0 saturated heterocycles. The molecule has 0 saturated carbocycles. The minimum atomic E-state index is -0.424. The van der Waals surface area contributed by atoms with Crippen LogP contribution in [0.25, 0.3) is 0 Å². The summed E-state index contributed by atoms with van der Waals surface area (Å²) in [5.41, 5.74) is 1.40. The van der Waals surface area contributed by atoms with Gasteiger partial charge in [0.25, 0.3) is 5.91 Å². The molecule has 1 aromatic heterocycles. The van der Waals surface area contributed by atoms with Crippen molar-refractivity contribution in [1.29, 1.82) is 0 Å². The van der Waals surface area contributed by atoms with Crippen LogP contribution in [-0.4, -0.2) is 42.6 Å². The summed E-state index contributed by atoms with van der Waals surface area (Å²) < 4.78 is 15.5. The van der Waals surface area contributed by atoms with Gasteiger partial charge in [-0.15, -0.1) is 10.2 Å². The average Bonchev–Trinajstić information content (AvgIpc) is 3.16. The smallest absolute Gasteiger partial charge is 0.280 e. The molecule has 1 amide bonds. The summed E-state index contributed by atoms with van der Waals surface area (Å²) in [7, 11) is 4.66. The molecule has 0 atom stereocenters. The molecule has 0 unspecified atom stereocenters. The van der Waals surface area contributed by atoms with Gasteiger partial charge >= 0.3 is 0 Å². The van der Waals surface area contributed by atoms with Crippen LogP contribution in [0, 0.1) is 0 Å². The molecular formula is C18H19N5O4. The average molecular weight is 369 g/mol. The lowest BCUT2D eigenvalue weighted by Crippen LogP contribution is -2.14. The number of nitrogens with one attached hydrogen (secondary N) is 3. The van der Waals surface area contributed by atoms with E-state index in [2.05, 4.69) is 26.0 Å². The van der Waals surface area contributed by atoms with E-state index in [-0.39, 0.29) is 5.69 Å². The van der Waals surface area contributed by atoms with Crippen LogP contribution >= 0.6 is 0 Å². The lowest BCUT2D eigenvalue weighted by molar-refractivity contribution is 0.102. The van der Waals surface area contributed by atoms with Crippen LogP contribution in [0.5, 0.6) is 17.2 Å². The predicted octanol–water partition coefficient (Wildman–Crippen LogP) is 2.83. The lowest BCUT2D eigenvalue weighted by Gasteiger charge is -2.10. The van der Waals surface area contributed by atoms with E-state index in [0.717, 1.165) is 11.4 Å². The second-order valence-electron chi connectivity index (χ2n) is 5.40. The van der Waals surface area contributed by atoms with Gasteiger partial charge in [-0.1, -0.05) is 0 Å². The topological polar surface area (TPSA) is 110 Å². The Labute approximate surface area is 155 Å². The van der Waals surface area contributed by atoms with Crippen molar-refractivity contribution in [1.82, 2.24) is 15.4 Å². The summed E-state index contributed by atoms with van der Waals surface area (Å²) in [5, 5.41) is 16.2. The monoisotopic (exact) mass is 369 g/mol. The van der Waals surface area contributed by atoms with Crippen LogP contribution in [0.3, 0.4) is 0 Å². The molecule has 0 radical (unpaired) electrons. The Balaban J connectivity index is 1.75. The number of H-pyrrole nitrogens is 1. The molecule has 3 N–H and O–H groups in total. The number of aromatic nitrogens is 3. The van der Waals surface area contributed by atoms with Gasteiger partial charge in [-0.2, -0.15) is 5.21 Å². The van der Waals surface area contributed by atoms with Gasteiger partial charge in [-0.3, -0.25) is 4.79 Å². The number of amides is 1. The third kappa shape index (κ3) is 4.09. The molecule has 140 valence electrons. The third-order valence-corrected chi connectivity index (χ3v) is 3.76. The Kier molecular flexibility index (Phi) is 5.41. The molecule has 27 heavy (non-hydrogen) atoms. The summed E-state index contributed by atoms with van der Waals surface area (Å²) in [6, 6.07) is 12.3. The van der Waals surface area contributed by atoms with Gasteiger partial charge in [-0.05, 0) is 36.4 Å². The zero-order valence-corrected chi connectivity index (χ0v) is 15.1. The summed E-state index contributed by atoms with van der Waals surface area (Å²) in [5.74, 6) is 1.68. The predicted molar refractivity (Wildman–Crippen MR) is 100 cm³/mol. The molecule has 3 rings (SSSR count). The molecule has 2 aromatic carbocycles. The van der Waals surface area contributed by atoms with Crippen LogP contribution in [0.2, 0.25) is 0 Å². The van der Waals surface area contributed by atoms with Crippen molar-refractivity contribution in [2.24, 2.45) is 0 Å². The molecule has 0 aliphatic carbocycles. The fraction of sp³-hybridized carbons (Fsp3) is 0.167. The highest BCUT2D eigenvalue weighted by Crippen LogP contribution is 2.30. The van der Waals surface area contributed by atoms with Gasteiger partial charge in [-0.25, -0.2) is 0 Å². The number of carbonyl (C=O) groups excluding carboxylic acids is 1. The van der Waals surface area contributed by atoms with E-state index in [0.29, 0.717) is 23.0 Å². The first-order chi connectivity index (χ1) is 13.1. The molecule has 0 aliphatic rings. The number of aromatic amines is 1. The maximum Gasteiger partial charge on any atom is 0.280 e. The Bertz CT molecular complexity index is 924. The largest absolute Gasteiger partial charge is 0.497 e. The van der Waals surface area contributed by atoms with E-state index < -0.39 is 5.91 Å². The summed E-state index contributed by atoms with van der Waals surface area (Å²) >= 11 is 0. The highest BCUT2D eigenvalue weighted by Gasteiger charge is 2.18. The first-order valence-electron chi connectivity index (χ1n) is 8.00. The molecule has 0 fully saturated rings. The van der Waals surface area contributed by atoms with Crippen molar-refractivity contribution in [2.45, 2.75) is 0 Å². The second kappa shape index (κ2) is 8.09. The number of methoxy groups -OCH3 is 3. The van der Waals surface area contributed by atoms with E-state index in [9.17, 15) is 4.79 Å². The minimum Gasteiger partial charge on any atom is -0.497 e. The number of hydrogen-bond acceptors (Lipinski definition) is 7. The number of hydrogen-bond donors (Lipinski definition) is 3. The van der Waals surface area contributed by atoms with E-state index in [1.54, 1.807) is 44.6 Å². The van der Waals surface area contributed by atoms with E-state index in [1.807, 2.05) is 12.1 Å². The van der Waals surface area contributed by atoms with Gasteiger partial charge in [0, 0.05) is 17.4 Å². The Morgan fingerprint density at radius 2 is 1.59 bits per heavy atom. The molecule has 0 bridgehead atoms. The SMILES string of the molecule is COc1ccc(Nc2n[nH]nc2C(=O)Nc2ccc(OC)c(OC)c2)cc1. The van der Waals surface area contributed by atoms with Crippen LogP contribution in [0.15, 0.2) is 42.5 Å². The van der Waals surface area contributed by atoms with Crippen molar-refractivity contribution in [3.05, 3.63) is 48.2 Å². The molecule has 9 nitrogen and oxygen atoms in total. The van der Waals surface area contributed by atoms with Crippen molar-refractivity contribution >= 4 is 23.1 Å². The maximum absolute atomic E-state index is 12.6. The molecule has 3 aromatic rings. The quantitative estimate of drug-likeness (QED) is 0.587. The number of anilines is 3. The summed E-state index contributed by atoms with van der Waals surface area (Å²) in [6.07, 6.45) is 0. The second-order valence-corrected chi connectivity index (χ2v) is 5.40. The van der Waals surface area contributed by atoms with Gasteiger partial charge in [0.2, 0.25) is 0 Å². The zero-order chi connectivity index (χ0) is 19.2. The molecule has 1 heterocycles. The minimum absolute atomic E-state index is 0.126. The first kappa shape index (κ1) is 18.1. The van der Waals surface area contributed by atoms with Crippen LogP contribution < -0.4 is 24.8 Å². The lowest BCUT2D eigenvalue weighted by atomic mass is 10.2. The fourth-order valence-corrected chi connectivity index (χ4v) is 2.39. The molecule has 9 heteroatoms. The first-order valence-corrected chi connectivity index (χ1v) is 8.00. The third-order valence-electron chi connectivity index (χ3n) is 3.76. The molecule has 0 aliphatic heterocycles. The number of carbonyl (C=O) groups is 1. The van der Waals surface area contributed by atoms with Crippen molar-refractivity contribution in [2.75, 3.05) is 32.0 Å². The molecule has 0 spiro atoms. The number of ether oxygens (including phenoxy) is 3. The van der Waals surface area contributed by atoms with Crippen molar-refractivity contribution in [3.63, 3.8) is 0 Å². The van der Waals surface area contributed by atoms with E-state index in [4.69, 9.17) is 14.2 Å². The van der Waals surface area contributed by atoms with Crippen molar-refractivity contribution < 1.29 is 19.0 Å². The highest BCUT2D eigenvalue weighted by molar-refractivity contribution is 6.06. The van der Waals surface area contributed by atoms with Crippen LogP contribution in [0.1, 0.15) is 10.5 Å². The number of rotatable bonds is 7. The number of nitrogens with zero attached hydrogens (tertiary/aromatic N) is 2. The summed E-state index contributed by atoms with van der Waals surface area (Å²) in [4.78, 5) is 12.6.